The van der Waals surface area contributed by atoms with E-state index < -0.39 is 11.9 Å². The van der Waals surface area contributed by atoms with E-state index in [1.54, 1.807) is 22.6 Å². The van der Waals surface area contributed by atoms with Gasteiger partial charge in [0.15, 0.2) is 5.65 Å². The predicted molar refractivity (Wildman–Crippen MR) is 112 cm³/mol. The fourth-order valence-corrected chi connectivity index (χ4v) is 4.24. The van der Waals surface area contributed by atoms with Gasteiger partial charge in [-0.25, -0.2) is 9.50 Å². The van der Waals surface area contributed by atoms with E-state index in [4.69, 9.17) is 0 Å². The minimum Gasteiger partial charge on any atom is -0.340 e. The number of amides is 1. The van der Waals surface area contributed by atoms with Crippen molar-refractivity contribution in [2.75, 3.05) is 13.1 Å². The van der Waals surface area contributed by atoms with Gasteiger partial charge in [0.1, 0.15) is 12.2 Å². The van der Waals surface area contributed by atoms with Crippen molar-refractivity contribution in [3.05, 3.63) is 46.2 Å². The van der Waals surface area contributed by atoms with Crippen molar-refractivity contribution < 1.29 is 18.0 Å². The molecule has 1 saturated heterocycles. The van der Waals surface area contributed by atoms with Crippen LogP contribution in [0.2, 0.25) is 0 Å². The van der Waals surface area contributed by atoms with E-state index >= 15 is 0 Å². The first-order valence-corrected chi connectivity index (χ1v) is 10.8. The lowest BCUT2D eigenvalue weighted by Gasteiger charge is -2.32. The summed E-state index contributed by atoms with van der Waals surface area (Å²) < 4.78 is 43.3. The summed E-state index contributed by atoms with van der Waals surface area (Å²) in [6.45, 7) is 8.79. The second kappa shape index (κ2) is 8.22. The summed E-state index contributed by atoms with van der Waals surface area (Å²) in [6.07, 6.45) is -2.60. The Bertz CT molecular complexity index is 1160. The van der Waals surface area contributed by atoms with Crippen LogP contribution in [0, 0.1) is 20.8 Å². The zero-order valence-corrected chi connectivity index (χ0v) is 18.7. The Balaban J connectivity index is 1.57. The Hall–Kier alpha value is -2.91. The van der Waals surface area contributed by atoms with Crippen LogP contribution in [-0.2, 0) is 23.9 Å². The number of fused-ring (bicyclic) bond motifs is 1. The molecule has 0 radical (unpaired) electrons. The number of likely N-dealkylation sites (tertiary alicyclic amines) is 1. The van der Waals surface area contributed by atoms with Gasteiger partial charge in [-0.15, -0.1) is 0 Å². The molecule has 1 atom stereocenters. The molecule has 1 amide bonds. The van der Waals surface area contributed by atoms with Crippen LogP contribution in [0.4, 0.5) is 13.2 Å². The molecule has 0 bridgehead atoms. The van der Waals surface area contributed by atoms with E-state index in [0.717, 1.165) is 40.4 Å². The number of aryl methyl sites for hydroxylation is 2. The number of nitrogens with zero attached hydrogens (tertiary/aromatic N) is 6. The van der Waals surface area contributed by atoms with Gasteiger partial charge in [0.2, 0.25) is 5.91 Å². The van der Waals surface area contributed by atoms with Crippen molar-refractivity contribution in [2.24, 2.45) is 0 Å². The molecule has 0 spiro atoms. The maximum atomic E-state index is 13.6. The van der Waals surface area contributed by atoms with Gasteiger partial charge in [0.25, 0.3) is 0 Å². The first-order valence-electron chi connectivity index (χ1n) is 10.8. The third kappa shape index (κ3) is 4.10. The standard InChI is InChI=1S/C22H27F3N6O/c1-5-17-9-19(22(23,24)25)31-20(26-17)10-18(28-31)16-7-6-8-29(11-16)21(32)12-30-15(4)13(2)14(3)27-30/h9-10,16H,5-8,11-12H2,1-4H3/t16-/m0/s1. The van der Waals surface area contributed by atoms with Crippen LogP contribution in [-0.4, -0.2) is 48.3 Å². The molecular weight excluding hydrogens is 421 g/mol. The fourth-order valence-electron chi connectivity index (χ4n) is 4.24. The summed E-state index contributed by atoms with van der Waals surface area (Å²) in [5.74, 6) is -0.186. The average Bonchev–Trinajstić information content (AvgIpc) is 3.29. The molecule has 172 valence electrons. The fraction of sp³-hybridized carbons (Fsp3) is 0.545. The highest BCUT2D eigenvalue weighted by Crippen LogP contribution is 2.32. The van der Waals surface area contributed by atoms with E-state index in [2.05, 4.69) is 15.2 Å². The van der Waals surface area contributed by atoms with Crippen LogP contribution >= 0.6 is 0 Å². The second-order valence-electron chi connectivity index (χ2n) is 8.46. The zero-order chi connectivity index (χ0) is 23.2. The largest absolute Gasteiger partial charge is 0.433 e. The van der Waals surface area contributed by atoms with Crippen LogP contribution in [0.1, 0.15) is 59.7 Å². The van der Waals surface area contributed by atoms with Crippen LogP contribution < -0.4 is 0 Å². The Kier molecular flexibility index (Phi) is 5.72. The van der Waals surface area contributed by atoms with E-state index in [9.17, 15) is 18.0 Å². The van der Waals surface area contributed by atoms with Crippen molar-refractivity contribution >= 4 is 11.6 Å². The molecule has 3 aromatic heterocycles. The van der Waals surface area contributed by atoms with Gasteiger partial charge in [-0.2, -0.15) is 23.4 Å². The van der Waals surface area contributed by atoms with E-state index in [-0.39, 0.29) is 24.0 Å². The topological polar surface area (TPSA) is 68.3 Å². The van der Waals surface area contributed by atoms with Crippen LogP contribution in [0.15, 0.2) is 12.1 Å². The molecule has 3 aromatic rings. The minimum atomic E-state index is -4.53. The van der Waals surface area contributed by atoms with Crippen molar-refractivity contribution in [1.29, 1.82) is 0 Å². The third-order valence-electron chi connectivity index (χ3n) is 6.37. The van der Waals surface area contributed by atoms with Gasteiger partial charge in [0, 0.05) is 36.5 Å². The molecular formula is C22H27F3N6O. The molecule has 0 unspecified atom stereocenters. The number of halogens is 3. The lowest BCUT2D eigenvalue weighted by Crippen LogP contribution is -2.41. The monoisotopic (exact) mass is 448 g/mol. The highest BCUT2D eigenvalue weighted by molar-refractivity contribution is 5.76. The maximum absolute atomic E-state index is 13.6. The first-order chi connectivity index (χ1) is 15.1. The Labute approximate surface area is 184 Å². The number of carbonyl (C=O) groups is 1. The maximum Gasteiger partial charge on any atom is 0.433 e. The minimum absolute atomic E-state index is 0.0496. The Morgan fingerprint density at radius 2 is 1.94 bits per heavy atom. The average molecular weight is 448 g/mol. The molecule has 1 aliphatic heterocycles. The summed E-state index contributed by atoms with van der Waals surface area (Å²) in [5, 5.41) is 8.70. The predicted octanol–water partition coefficient (Wildman–Crippen LogP) is 3.84. The van der Waals surface area contributed by atoms with Crippen molar-refractivity contribution in [1.82, 2.24) is 29.3 Å². The van der Waals surface area contributed by atoms with Gasteiger partial charge < -0.3 is 4.90 Å². The Morgan fingerprint density at radius 3 is 2.56 bits per heavy atom. The number of carbonyl (C=O) groups excluding carboxylic acids is 1. The number of rotatable bonds is 4. The molecule has 0 aliphatic carbocycles. The second-order valence-corrected chi connectivity index (χ2v) is 8.46. The molecule has 1 aliphatic rings. The third-order valence-corrected chi connectivity index (χ3v) is 6.37. The molecule has 4 heterocycles. The number of hydrogen-bond acceptors (Lipinski definition) is 4. The summed E-state index contributed by atoms with van der Waals surface area (Å²) in [4.78, 5) is 19.0. The highest BCUT2D eigenvalue weighted by atomic mass is 19.4. The lowest BCUT2D eigenvalue weighted by atomic mass is 9.95. The van der Waals surface area contributed by atoms with Gasteiger partial charge >= 0.3 is 6.18 Å². The van der Waals surface area contributed by atoms with Gasteiger partial charge in [-0.3, -0.25) is 9.48 Å². The van der Waals surface area contributed by atoms with Crippen LogP contribution in [0.25, 0.3) is 5.65 Å². The molecule has 7 nitrogen and oxygen atoms in total. The van der Waals surface area contributed by atoms with Crippen molar-refractivity contribution in [3.63, 3.8) is 0 Å². The summed E-state index contributed by atoms with van der Waals surface area (Å²) in [5.41, 5.74) is 3.20. The van der Waals surface area contributed by atoms with Crippen molar-refractivity contribution in [2.45, 2.75) is 65.6 Å². The molecule has 1 fully saturated rings. The zero-order valence-electron chi connectivity index (χ0n) is 18.7. The SMILES string of the molecule is CCc1cc(C(F)(F)F)n2nc([C@H]3CCCN(C(=O)Cn4nc(C)c(C)c4C)C3)cc2n1. The Morgan fingerprint density at radius 1 is 1.19 bits per heavy atom. The summed E-state index contributed by atoms with van der Waals surface area (Å²) >= 11 is 0. The quantitative estimate of drug-likeness (QED) is 0.608. The molecule has 0 saturated carbocycles. The molecule has 0 N–H and O–H groups in total. The van der Waals surface area contributed by atoms with Crippen LogP contribution in [0.5, 0.6) is 0 Å². The summed E-state index contributed by atoms with van der Waals surface area (Å²) in [7, 11) is 0. The first kappa shape index (κ1) is 22.3. The number of piperidine rings is 1. The number of hydrogen-bond donors (Lipinski definition) is 0. The van der Waals surface area contributed by atoms with E-state index in [1.807, 2.05) is 20.8 Å². The molecule has 10 heteroatoms. The highest BCUT2D eigenvalue weighted by Gasteiger charge is 2.36. The van der Waals surface area contributed by atoms with E-state index in [1.165, 1.54) is 0 Å². The normalized spacial score (nSPS) is 17.3. The van der Waals surface area contributed by atoms with Crippen molar-refractivity contribution in [3.8, 4) is 0 Å². The van der Waals surface area contributed by atoms with E-state index in [0.29, 0.717) is 30.9 Å². The van der Waals surface area contributed by atoms with Gasteiger partial charge in [0.05, 0.1) is 11.4 Å². The number of alkyl halides is 3. The molecule has 4 rings (SSSR count). The molecule has 32 heavy (non-hydrogen) atoms. The van der Waals surface area contributed by atoms with Gasteiger partial charge in [-0.1, -0.05) is 6.92 Å². The molecule has 0 aromatic carbocycles. The van der Waals surface area contributed by atoms with Gasteiger partial charge in [-0.05, 0) is 51.7 Å². The lowest BCUT2D eigenvalue weighted by molar-refractivity contribution is -0.142. The van der Waals surface area contributed by atoms with Crippen LogP contribution in [0.3, 0.4) is 0 Å². The smallest absolute Gasteiger partial charge is 0.340 e. The number of aromatic nitrogens is 5. The summed E-state index contributed by atoms with van der Waals surface area (Å²) in [6, 6.07) is 2.67.